The summed E-state index contributed by atoms with van der Waals surface area (Å²) in [5, 5.41) is 15.5. The second-order valence-electron chi connectivity index (χ2n) is 9.31. The number of rotatable bonds is 9. The Kier molecular flexibility index (Phi) is 9.06. The molecule has 2 aromatic carbocycles. The fourth-order valence-corrected chi connectivity index (χ4v) is 4.09. The summed E-state index contributed by atoms with van der Waals surface area (Å²) in [6, 6.07) is 22.0. The van der Waals surface area contributed by atoms with Gasteiger partial charge in [0.15, 0.2) is 6.10 Å². The maximum atomic E-state index is 13.1. The summed E-state index contributed by atoms with van der Waals surface area (Å²) >= 11 is 0. The normalized spacial score (nSPS) is 16.3. The van der Waals surface area contributed by atoms with Crippen LogP contribution in [0.4, 0.5) is 4.79 Å². The summed E-state index contributed by atoms with van der Waals surface area (Å²) in [4.78, 5) is 27.8. The van der Waals surface area contributed by atoms with E-state index in [0.29, 0.717) is 38.9 Å². The zero-order chi connectivity index (χ0) is 24.4. The van der Waals surface area contributed by atoms with Crippen LogP contribution in [0.3, 0.4) is 0 Å². The van der Waals surface area contributed by atoms with Crippen molar-refractivity contribution in [2.24, 2.45) is 5.92 Å². The number of hydrogen-bond acceptors (Lipinski definition) is 5. The van der Waals surface area contributed by atoms with E-state index >= 15 is 0 Å². The highest BCUT2D eigenvalue weighted by Crippen LogP contribution is 2.24. The molecule has 0 spiro atoms. The molecule has 0 unspecified atom stereocenters. The molecule has 1 atom stereocenters. The van der Waals surface area contributed by atoms with E-state index in [9.17, 15) is 14.9 Å². The number of carbonyl (C=O) groups is 2. The van der Waals surface area contributed by atoms with Crippen LogP contribution in [0.2, 0.25) is 0 Å². The van der Waals surface area contributed by atoms with Crippen molar-refractivity contribution in [2.45, 2.75) is 57.8 Å². The molecule has 2 N–H and O–H groups in total. The van der Waals surface area contributed by atoms with Gasteiger partial charge in [-0.2, -0.15) is 5.26 Å². The summed E-state index contributed by atoms with van der Waals surface area (Å²) in [6.45, 7) is 6.47. The van der Waals surface area contributed by atoms with E-state index in [1.165, 1.54) is 5.56 Å². The number of nitrogens with zero attached hydrogens (tertiary/aromatic N) is 2. The third-order valence-corrected chi connectivity index (χ3v) is 6.04. The number of benzene rings is 2. The molecule has 7 nitrogen and oxygen atoms in total. The number of alkyl carbamates (subject to hydrolysis) is 1. The van der Waals surface area contributed by atoms with E-state index < -0.39 is 23.6 Å². The third-order valence-electron chi connectivity index (χ3n) is 6.04. The van der Waals surface area contributed by atoms with E-state index in [2.05, 4.69) is 33.7 Å². The maximum Gasteiger partial charge on any atom is 0.408 e. The summed E-state index contributed by atoms with van der Waals surface area (Å²) in [6.07, 6.45) is -0.170. The quantitative estimate of drug-likeness (QED) is 0.587. The molecule has 0 saturated carbocycles. The molecule has 2 amide bonds. The van der Waals surface area contributed by atoms with Gasteiger partial charge in [-0.3, -0.25) is 9.69 Å². The van der Waals surface area contributed by atoms with Crippen LogP contribution in [0.25, 0.3) is 0 Å². The number of piperidine rings is 1. The first kappa shape index (κ1) is 25.3. The van der Waals surface area contributed by atoms with Gasteiger partial charge in [0.1, 0.15) is 5.54 Å². The molecule has 1 aliphatic rings. The van der Waals surface area contributed by atoms with Crippen LogP contribution < -0.4 is 10.6 Å². The molecule has 0 bridgehead atoms. The molecule has 34 heavy (non-hydrogen) atoms. The largest absolute Gasteiger partial charge is 0.436 e. The zero-order valence-electron chi connectivity index (χ0n) is 20.0. The number of nitriles is 1. The first-order chi connectivity index (χ1) is 16.4. The predicted octanol–water partition coefficient (Wildman–Crippen LogP) is 4.00. The third kappa shape index (κ3) is 7.60. The first-order valence-corrected chi connectivity index (χ1v) is 11.9. The highest BCUT2D eigenvalue weighted by Gasteiger charge is 2.38. The Labute approximate surface area is 202 Å². The van der Waals surface area contributed by atoms with Crippen molar-refractivity contribution >= 4 is 12.0 Å². The first-order valence-electron chi connectivity index (χ1n) is 11.9. The molecule has 1 heterocycles. The van der Waals surface area contributed by atoms with Crippen LogP contribution in [0.1, 0.15) is 44.2 Å². The number of likely N-dealkylation sites (tertiary alicyclic amines) is 1. The Morgan fingerprint density at radius 2 is 1.62 bits per heavy atom. The van der Waals surface area contributed by atoms with Gasteiger partial charge in [-0.15, -0.1) is 0 Å². The van der Waals surface area contributed by atoms with Gasteiger partial charge in [-0.1, -0.05) is 74.5 Å². The number of nitrogens with one attached hydrogen (secondary N) is 2. The zero-order valence-corrected chi connectivity index (χ0v) is 20.0. The summed E-state index contributed by atoms with van der Waals surface area (Å²) < 4.78 is 5.49. The molecule has 3 rings (SSSR count). The van der Waals surface area contributed by atoms with Crippen molar-refractivity contribution in [3.8, 4) is 6.07 Å². The van der Waals surface area contributed by atoms with Gasteiger partial charge in [-0.25, -0.2) is 4.79 Å². The minimum atomic E-state index is -0.955. The predicted molar refractivity (Wildman–Crippen MR) is 130 cm³/mol. The average Bonchev–Trinajstić information content (AvgIpc) is 2.84. The van der Waals surface area contributed by atoms with Gasteiger partial charge < -0.3 is 15.4 Å². The molecular formula is C27H34N4O3. The van der Waals surface area contributed by atoms with E-state index in [-0.39, 0.29) is 5.92 Å². The number of amides is 2. The van der Waals surface area contributed by atoms with Crippen LogP contribution in [0, 0.1) is 17.2 Å². The Morgan fingerprint density at radius 3 is 2.18 bits per heavy atom. The fraction of sp³-hybridized carbons (Fsp3) is 0.444. The second kappa shape index (κ2) is 12.2. The lowest BCUT2D eigenvalue weighted by molar-refractivity contribution is -0.132. The van der Waals surface area contributed by atoms with Gasteiger partial charge in [-0.05, 0) is 36.3 Å². The van der Waals surface area contributed by atoms with E-state index in [4.69, 9.17) is 4.74 Å². The molecular weight excluding hydrogens is 428 g/mol. The number of carbonyl (C=O) groups excluding carboxylic acids is 2. The van der Waals surface area contributed by atoms with Crippen LogP contribution in [-0.2, 0) is 22.6 Å². The lowest BCUT2D eigenvalue weighted by Gasteiger charge is -2.38. The van der Waals surface area contributed by atoms with Gasteiger partial charge in [0.25, 0.3) is 5.91 Å². The van der Waals surface area contributed by atoms with Gasteiger partial charge in [0.05, 0.1) is 6.07 Å². The van der Waals surface area contributed by atoms with Crippen LogP contribution in [-0.4, -0.2) is 41.6 Å². The molecule has 7 heteroatoms. The smallest absolute Gasteiger partial charge is 0.408 e. The second-order valence-corrected chi connectivity index (χ2v) is 9.31. The lowest BCUT2D eigenvalue weighted by Crippen LogP contribution is -2.57. The minimum Gasteiger partial charge on any atom is -0.436 e. The Hall–Kier alpha value is -3.37. The van der Waals surface area contributed by atoms with Crippen LogP contribution in [0.5, 0.6) is 0 Å². The van der Waals surface area contributed by atoms with Gasteiger partial charge >= 0.3 is 6.09 Å². The molecule has 0 aliphatic carbocycles. The Bertz CT molecular complexity index is 964. The van der Waals surface area contributed by atoms with Crippen LogP contribution >= 0.6 is 0 Å². The lowest BCUT2D eigenvalue weighted by atomic mass is 9.88. The van der Waals surface area contributed by atoms with E-state index in [1.54, 1.807) is 0 Å². The summed E-state index contributed by atoms with van der Waals surface area (Å²) in [7, 11) is 0. The van der Waals surface area contributed by atoms with Crippen LogP contribution in [0.15, 0.2) is 60.7 Å². The molecule has 0 aromatic heterocycles. The van der Waals surface area contributed by atoms with Crippen molar-refractivity contribution in [1.82, 2.24) is 15.5 Å². The Morgan fingerprint density at radius 1 is 1.03 bits per heavy atom. The molecule has 1 fully saturated rings. The molecule has 0 radical (unpaired) electrons. The van der Waals surface area contributed by atoms with Gasteiger partial charge in [0, 0.05) is 26.2 Å². The fourth-order valence-electron chi connectivity index (χ4n) is 4.09. The average molecular weight is 463 g/mol. The highest BCUT2D eigenvalue weighted by molar-refractivity contribution is 5.84. The number of ether oxygens (including phenoxy) is 1. The minimum absolute atomic E-state index is 0.142. The van der Waals surface area contributed by atoms with E-state index in [0.717, 1.165) is 12.1 Å². The topological polar surface area (TPSA) is 94.5 Å². The highest BCUT2D eigenvalue weighted by atomic mass is 16.6. The molecule has 180 valence electrons. The maximum absolute atomic E-state index is 13.1. The SMILES string of the molecule is CC(C)C[C@H](OC(=O)NCc1ccccc1)C(=O)NC1(C#N)CCN(Cc2ccccc2)CC1. The molecule has 1 aliphatic heterocycles. The molecule has 2 aromatic rings. The standard InChI is InChI=1S/C27H34N4O3/c1-21(2)17-24(34-26(33)29-18-22-9-5-3-6-10-22)25(32)30-27(20-28)13-15-31(16-14-27)19-23-11-7-4-8-12-23/h3-12,21,24H,13-19H2,1-2H3,(H,29,33)(H,30,32)/t24-/m0/s1. The molecule has 1 saturated heterocycles. The van der Waals surface area contributed by atoms with E-state index in [1.807, 2.05) is 62.4 Å². The summed E-state index contributed by atoms with van der Waals surface area (Å²) in [5.41, 5.74) is 1.21. The number of hydrogen-bond donors (Lipinski definition) is 2. The monoisotopic (exact) mass is 462 g/mol. The van der Waals surface area contributed by atoms with Crippen molar-refractivity contribution in [1.29, 1.82) is 5.26 Å². The van der Waals surface area contributed by atoms with Crippen molar-refractivity contribution in [2.75, 3.05) is 13.1 Å². The van der Waals surface area contributed by atoms with Crippen molar-refractivity contribution in [3.05, 3.63) is 71.8 Å². The van der Waals surface area contributed by atoms with Crippen molar-refractivity contribution in [3.63, 3.8) is 0 Å². The Balaban J connectivity index is 1.55. The summed E-state index contributed by atoms with van der Waals surface area (Å²) in [5.74, 6) is -0.273. The van der Waals surface area contributed by atoms with Gasteiger partial charge in [0.2, 0.25) is 0 Å². The van der Waals surface area contributed by atoms with Crippen molar-refractivity contribution < 1.29 is 14.3 Å².